The molecule has 0 saturated carbocycles. The molecule has 0 amide bonds. The van der Waals surface area contributed by atoms with Crippen LogP contribution < -0.4 is 5.43 Å². The maximum Gasteiger partial charge on any atom is 0.0839 e. The number of benzene rings is 1. The smallest absolute Gasteiger partial charge is 0.0839 e. The minimum absolute atomic E-state index is 0.565. The van der Waals surface area contributed by atoms with Crippen molar-refractivity contribution in [3.8, 4) is 0 Å². The van der Waals surface area contributed by atoms with Gasteiger partial charge in [-0.3, -0.25) is 0 Å². The zero-order valence-corrected chi connectivity index (χ0v) is 6.62. The number of nitrogens with one attached hydrogen (secondary N) is 1. The summed E-state index contributed by atoms with van der Waals surface area (Å²) in [4.78, 5) is 0. The van der Waals surface area contributed by atoms with E-state index in [-0.39, 0.29) is 0 Å². The molecule has 58 valence electrons. The first-order valence-corrected chi connectivity index (χ1v) is 3.93. The molecule has 0 bridgehead atoms. The summed E-state index contributed by atoms with van der Waals surface area (Å²) in [7, 11) is 0. The lowest BCUT2D eigenvalue weighted by Gasteiger charge is -1.98. The molecule has 0 aromatic heterocycles. The van der Waals surface area contributed by atoms with Gasteiger partial charge in [0.25, 0.3) is 0 Å². The van der Waals surface area contributed by atoms with E-state index in [9.17, 15) is 0 Å². The predicted molar refractivity (Wildman–Crippen MR) is 44.6 cm³/mol. The average molecular weight is 148 g/mol. The van der Waals surface area contributed by atoms with Crippen LogP contribution in [0.4, 0.5) is 0 Å². The highest BCUT2D eigenvalue weighted by molar-refractivity contribution is 5.14. The molecule has 1 heterocycles. The Morgan fingerprint density at radius 2 is 2.00 bits per heavy atom. The van der Waals surface area contributed by atoms with Gasteiger partial charge < -0.3 is 0 Å². The normalized spacial score (nSPS) is 28.5. The van der Waals surface area contributed by atoms with E-state index in [0.717, 1.165) is 6.54 Å². The van der Waals surface area contributed by atoms with Gasteiger partial charge in [0.15, 0.2) is 0 Å². The van der Waals surface area contributed by atoms with Gasteiger partial charge in [0.1, 0.15) is 0 Å². The van der Waals surface area contributed by atoms with Crippen molar-refractivity contribution >= 4 is 0 Å². The summed E-state index contributed by atoms with van der Waals surface area (Å²) in [6.07, 6.45) is 0.565. The van der Waals surface area contributed by atoms with Gasteiger partial charge in [0, 0.05) is 6.54 Å². The largest absolute Gasteiger partial charge is 0.235 e. The first kappa shape index (κ1) is 6.83. The zero-order chi connectivity index (χ0) is 7.68. The molecule has 11 heavy (non-hydrogen) atoms. The van der Waals surface area contributed by atoms with Crippen LogP contribution in [-0.4, -0.2) is 11.2 Å². The summed E-state index contributed by atoms with van der Waals surface area (Å²) in [6, 6.07) is 10.5. The Kier molecular flexibility index (Phi) is 1.64. The summed E-state index contributed by atoms with van der Waals surface area (Å²) in [5.41, 5.74) is 4.58. The van der Waals surface area contributed by atoms with Crippen LogP contribution in [0.5, 0.6) is 0 Å². The third kappa shape index (κ3) is 1.59. The first-order chi connectivity index (χ1) is 5.36. The van der Waals surface area contributed by atoms with Crippen LogP contribution in [0.1, 0.15) is 12.5 Å². The highest BCUT2D eigenvalue weighted by atomic mass is 15.7. The maximum atomic E-state index is 3.21. The number of rotatable bonds is 2. The second-order valence-corrected chi connectivity index (χ2v) is 2.92. The zero-order valence-electron chi connectivity index (χ0n) is 6.62. The monoisotopic (exact) mass is 148 g/mol. The fourth-order valence-corrected chi connectivity index (χ4v) is 1.17. The van der Waals surface area contributed by atoms with Crippen molar-refractivity contribution in [2.45, 2.75) is 19.6 Å². The Balaban J connectivity index is 1.97. The van der Waals surface area contributed by atoms with E-state index >= 15 is 0 Å². The van der Waals surface area contributed by atoms with Crippen LogP contribution in [0.15, 0.2) is 30.3 Å². The minimum Gasteiger partial charge on any atom is -0.235 e. The Hall–Kier alpha value is -0.860. The van der Waals surface area contributed by atoms with Crippen molar-refractivity contribution in [3.05, 3.63) is 35.9 Å². The van der Waals surface area contributed by atoms with Gasteiger partial charge in [-0.05, 0) is 12.5 Å². The lowest BCUT2D eigenvalue weighted by molar-refractivity contribution is 0.483. The van der Waals surface area contributed by atoms with E-state index in [1.165, 1.54) is 5.56 Å². The molecule has 1 aromatic carbocycles. The molecule has 1 aromatic rings. The van der Waals surface area contributed by atoms with Gasteiger partial charge in [-0.1, -0.05) is 30.3 Å². The fraction of sp³-hybridized carbons (Fsp3) is 0.333. The second-order valence-electron chi connectivity index (χ2n) is 2.92. The Morgan fingerprint density at radius 3 is 2.55 bits per heavy atom. The lowest BCUT2D eigenvalue weighted by Crippen LogP contribution is -2.00. The third-order valence-corrected chi connectivity index (χ3v) is 1.95. The van der Waals surface area contributed by atoms with Gasteiger partial charge in [0.05, 0.1) is 6.17 Å². The topological polar surface area (TPSA) is 25.0 Å². The highest BCUT2D eigenvalue weighted by Crippen LogP contribution is 2.12. The Labute approximate surface area is 66.8 Å². The Morgan fingerprint density at radius 1 is 1.36 bits per heavy atom. The van der Waals surface area contributed by atoms with Crippen molar-refractivity contribution in [1.29, 1.82) is 0 Å². The Bertz CT molecular complexity index is 233. The SMILES string of the molecule is CC1NN1Cc1ccccc1. The molecule has 1 aliphatic heterocycles. The maximum absolute atomic E-state index is 3.21. The standard InChI is InChI=1S/C9H12N2/c1-8-10-11(8)7-9-5-3-2-4-6-9/h2-6,8,10H,7H2,1H3. The highest BCUT2D eigenvalue weighted by Gasteiger charge is 2.27. The molecule has 1 N–H and O–H groups in total. The first-order valence-electron chi connectivity index (χ1n) is 3.93. The molecule has 2 unspecified atom stereocenters. The van der Waals surface area contributed by atoms with Gasteiger partial charge >= 0.3 is 0 Å². The molecule has 2 heteroatoms. The van der Waals surface area contributed by atoms with Crippen molar-refractivity contribution in [3.63, 3.8) is 0 Å². The predicted octanol–water partition coefficient (Wildman–Crippen LogP) is 1.35. The molecule has 2 rings (SSSR count). The average Bonchev–Trinajstić information content (AvgIpc) is 2.69. The summed E-state index contributed by atoms with van der Waals surface area (Å²) in [5, 5.41) is 2.20. The van der Waals surface area contributed by atoms with Gasteiger partial charge in [-0.2, -0.15) is 0 Å². The molecule has 1 fully saturated rings. The van der Waals surface area contributed by atoms with E-state index in [4.69, 9.17) is 0 Å². The van der Waals surface area contributed by atoms with Gasteiger partial charge in [-0.25, -0.2) is 10.4 Å². The number of hydrogen-bond acceptors (Lipinski definition) is 2. The molecule has 2 nitrogen and oxygen atoms in total. The lowest BCUT2D eigenvalue weighted by atomic mass is 10.2. The second kappa shape index (κ2) is 2.64. The van der Waals surface area contributed by atoms with E-state index in [0.29, 0.717) is 6.17 Å². The van der Waals surface area contributed by atoms with Crippen molar-refractivity contribution < 1.29 is 0 Å². The summed E-state index contributed by atoms with van der Waals surface area (Å²) >= 11 is 0. The molecular formula is C9H12N2. The summed E-state index contributed by atoms with van der Waals surface area (Å²) in [6.45, 7) is 3.17. The van der Waals surface area contributed by atoms with Crippen LogP contribution in [0, 0.1) is 0 Å². The number of hydrogen-bond donors (Lipinski definition) is 1. The summed E-state index contributed by atoms with van der Waals surface area (Å²) < 4.78 is 0. The molecule has 0 radical (unpaired) electrons. The molecule has 2 atom stereocenters. The van der Waals surface area contributed by atoms with Crippen LogP contribution in [0.25, 0.3) is 0 Å². The molecule has 1 aliphatic rings. The van der Waals surface area contributed by atoms with Crippen molar-refractivity contribution in [1.82, 2.24) is 10.4 Å². The van der Waals surface area contributed by atoms with Crippen LogP contribution in [0.2, 0.25) is 0 Å². The molecule has 1 saturated heterocycles. The summed E-state index contributed by atoms with van der Waals surface area (Å²) in [5.74, 6) is 0. The van der Waals surface area contributed by atoms with Crippen molar-refractivity contribution in [2.24, 2.45) is 0 Å². The third-order valence-electron chi connectivity index (χ3n) is 1.95. The van der Waals surface area contributed by atoms with Crippen LogP contribution in [0.3, 0.4) is 0 Å². The van der Waals surface area contributed by atoms with E-state index in [1.54, 1.807) is 0 Å². The minimum atomic E-state index is 0.565. The van der Waals surface area contributed by atoms with Gasteiger partial charge in [-0.15, -0.1) is 0 Å². The van der Waals surface area contributed by atoms with Crippen LogP contribution in [-0.2, 0) is 6.54 Å². The van der Waals surface area contributed by atoms with Crippen molar-refractivity contribution in [2.75, 3.05) is 0 Å². The number of hydrazine groups is 1. The fourth-order valence-electron chi connectivity index (χ4n) is 1.17. The van der Waals surface area contributed by atoms with Gasteiger partial charge in [0.2, 0.25) is 0 Å². The van der Waals surface area contributed by atoms with E-state index in [1.807, 2.05) is 6.07 Å². The van der Waals surface area contributed by atoms with E-state index < -0.39 is 0 Å². The molecule has 0 spiro atoms. The number of nitrogens with zero attached hydrogens (tertiary/aromatic N) is 1. The molecular weight excluding hydrogens is 136 g/mol. The van der Waals surface area contributed by atoms with Crippen LogP contribution >= 0.6 is 0 Å². The molecule has 0 aliphatic carbocycles. The van der Waals surface area contributed by atoms with E-state index in [2.05, 4.69) is 41.6 Å². The quantitative estimate of drug-likeness (QED) is 0.640.